The molecule has 0 aliphatic carbocycles. The molecule has 0 fully saturated rings. The van der Waals surface area contributed by atoms with Gasteiger partial charge in [0.1, 0.15) is 0 Å². The zero-order valence-electron chi connectivity index (χ0n) is 33.8. The highest BCUT2D eigenvalue weighted by Gasteiger charge is 2.20. The Morgan fingerprint density at radius 3 is 1.33 bits per heavy atom. The maximum absolute atomic E-state index is 2.48. The molecule has 0 N–H and O–H groups in total. The second-order valence-electron chi connectivity index (χ2n) is 16.1. The number of aryl methyl sites for hydroxylation is 2. The lowest BCUT2D eigenvalue weighted by atomic mass is 9.84. The average molecular weight is 767 g/mol. The third-order valence-corrected chi connectivity index (χ3v) is 13.1. The highest BCUT2D eigenvalue weighted by atomic mass is 15.0. The van der Waals surface area contributed by atoms with Crippen LogP contribution in [0.2, 0.25) is 0 Å². The number of benzene rings is 10. The normalized spacial score (nSPS) is 12.0. The molecule has 10 aromatic carbocycles. The third-order valence-electron chi connectivity index (χ3n) is 13.1. The van der Waals surface area contributed by atoms with Crippen molar-refractivity contribution < 1.29 is 0 Å². The first-order chi connectivity index (χ1) is 29.7. The molecule has 2 nitrogen and oxygen atoms in total. The Hall–Kier alpha value is -7.42. The standard InChI is InChI=1S/C58H42N2/c1-3-59-54-25-10-8-18-44(54)52-34-40(29-31-56(52)59)42-20-13-23-47-50(42)36-51-43(41-30-32-57-53(35-41)45-19-9-11-26-55(45)60(57)4-2)21-14-24-48(51)58(47)46-22-12-17-38-27-28-39(33-49(38)46)37-15-6-5-7-16-37/h5-36H,3-4H2,1-2H3. The molecule has 0 spiro atoms. The third kappa shape index (κ3) is 5.14. The summed E-state index contributed by atoms with van der Waals surface area (Å²) >= 11 is 0. The lowest BCUT2D eigenvalue weighted by Crippen LogP contribution is -1.93. The van der Waals surface area contributed by atoms with Gasteiger partial charge < -0.3 is 9.13 Å². The fraction of sp³-hybridized carbons (Fsp3) is 0.0690. The van der Waals surface area contributed by atoms with Crippen molar-refractivity contribution in [3.63, 3.8) is 0 Å². The van der Waals surface area contributed by atoms with E-state index in [1.54, 1.807) is 0 Å². The lowest BCUT2D eigenvalue weighted by Gasteiger charge is -2.19. The Balaban J connectivity index is 1.18. The summed E-state index contributed by atoms with van der Waals surface area (Å²) in [5.41, 5.74) is 15.0. The van der Waals surface area contributed by atoms with Gasteiger partial charge in [-0.3, -0.25) is 0 Å². The van der Waals surface area contributed by atoms with Crippen molar-refractivity contribution in [2.45, 2.75) is 26.9 Å². The molecule has 0 aliphatic heterocycles. The first kappa shape index (κ1) is 34.6. The van der Waals surface area contributed by atoms with Crippen LogP contribution in [0, 0.1) is 0 Å². The molecule has 284 valence electrons. The van der Waals surface area contributed by atoms with E-state index in [4.69, 9.17) is 0 Å². The minimum Gasteiger partial charge on any atom is -0.341 e. The van der Waals surface area contributed by atoms with E-state index in [9.17, 15) is 0 Å². The predicted molar refractivity (Wildman–Crippen MR) is 258 cm³/mol. The van der Waals surface area contributed by atoms with Crippen LogP contribution in [0.1, 0.15) is 13.8 Å². The van der Waals surface area contributed by atoms with Gasteiger partial charge in [-0.05, 0) is 139 Å². The van der Waals surface area contributed by atoms with E-state index >= 15 is 0 Å². The van der Waals surface area contributed by atoms with E-state index in [0.29, 0.717) is 0 Å². The summed E-state index contributed by atoms with van der Waals surface area (Å²) in [7, 11) is 0. The van der Waals surface area contributed by atoms with Gasteiger partial charge in [-0.1, -0.05) is 146 Å². The fourth-order valence-electron chi connectivity index (χ4n) is 10.4. The van der Waals surface area contributed by atoms with Gasteiger partial charge in [0.25, 0.3) is 0 Å². The number of para-hydroxylation sites is 2. The van der Waals surface area contributed by atoms with Crippen LogP contribution in [0.25, 0.3) is 120 Å². The van der Waals surface area contributed by atoms with E-state index in [1.165, 1.54) is 120 Å². The number of nitrogens with zero attached hydrogens (tertiary/aromatic N) is 2. The van der Waals surface area contributed by atoms with Gasteiger partial charge >= 0.3 is 0 Å². The van der Waals surface area contributed by atoms with Gasteiger partial charge in [0.2, 0.25) is 0 Å². The first-order valence-electron chi connectivity index (χ1n) is 21.3. The highest BCUT2D eigenvalue weighted by molar-refractivity contribution is 6.22. The van der Waals surface area contributed by atoms with Crippen LogP contribution in [-0.4, -0.2) is 9.13 Å². The molecule has 0 unspecified atom stereocenters. The van der Waals surface area contributed by atoms with Gasteiger partial charge in [0.05, 0.1) is 0 Å². The van der Waals surface area contributed by atoms with Crippen molar-refractivity contribution in [3.8, 4) is 44.5 Å². The smallest absolute Gasteiger partial charge is 0.0491 e. The van der Waals surface area contributed by atoms with Gasteiger partial charge in [-0.15, -0.1) is 0 Å². The van der Waals surface area contributed by atoms with Crippen molar-refractivity contribution in [1.29, 1.82) is 0 Å². The number of aromatic nitrogens is 2. The van der Waals surface area contributed by atoms with Crippen LogP contribution in [0.4, 0.5) is 0 Å². The molecule has 0 aliphatic rings. The van der Waals surface area contributed by atoms with Gasteiger partial charge in [0, 0.05) is 56.7 Å². The minimum atomic E-state index is 0.928. The average Bonchev–Trinajstić information content (AvgIpc) is 3.81. The van der Waals surface area contributed by atoms with Crippen molar-refractivity contribution in [1.82, 2.24) is 9.13 Å². The van der Waals surface area contributed by atoms with Crippen LogP contribution >= 0.6 is 0 Å². The molecule has 0 radical (unpaired) electrons. The first-order valence-corrected chi connectivity index (χ1v) is 21.3. The Bertz CT molecular complexity index is 3500. The quantitative estimate of drug-likeness (QED) is 0.149. The monoisotopic (exact) mass is 766 g/mol. The Morgan fingerprint density at radius 2 is 0.750 bits per heavy atom. The summed E-state index contributed by atoms with van der Waals surface area (Å²) in [5.74, 6) is 0. The van der Waals surface area contributed by atoms with E-state index < -0.39 is 0 Å². The van der Waals surface area contributed by atoms with Gasteiger partial charge in [0.15, 0.2) is 0 Å². The summed E-state index contributed by atoms with van der Waals surface area (Å²) in [4.78, 5) is 0. The SMILES string of the molecule is CCn1c2ccccc2c2cc(-c3cccc4c(-c5cccc6ccc(-c7ccccc7)cc56)c5cccc(-c6ccc7c(c6)c6ccccc6n7CC)c5cc34)ccc21. The molecule has 2 heteroatoms. The second kappa shape index (κ2) is 13.6. The molecular weight excluding hydrogens is 725 g/mol. The Morgan fingerprint density at radius 1 is 0.283 bits per heavy atom. The largest absolute Gasteiger partial charge is 0.341 e. The molecule has 2 heterocycles. The van der Waals surface area contributed by atoms with Crippen molar-refractivity contribution >= 4 is 75.9 Å². The molecule has 60 heavy (non-hydrogen) atoms. The number of rotatable bonds is 6. The molecule has 0 bridgehead atoms. The van der Waals surface area contributed by atoms with Gasteiger partial charge in [-0.2, -0.15) is 0 Å². The Kier molecular flexibility index (Phi) is 7.83. The van der Waals surface area contributed by atoms with Crippen LogP contribution in [0.15, 0.2) is 194 Å². The van der Waals surface area contributed by atoms with Crippen molar-refractivity contribution in [3.05, 3.63) is 194 Å². The molecule has 0 saturated heterocycles. The number of fused-ring (bicyclic) bond motifs is 9. The van der Waals surface area contributed by atoms with Crippen LogP contribution in [0.5, 0.6) is 0 Å². The molecule has 2 aromatic heterocycles. The van der Waals surface area contributed by atoms with Crippen molar-refractivity contribution in [2.75, 3.05) is 0 Å². The summed E-state index contributed by atoms with van der Waals surface area (Å²) < 4.78 is 4.88. The van der Waals surface area contributed by atoms with E-state index in [2.05, 4.69) is 217 Å². The maximum Gasteiger partial charge on any atom is 0.0491 e. The van der Waals surface area contributed by atoms with Crippen molar-refractivity contribution in [2.24, 2.45) is 0 Å². The summed E-state index contributed by atoms with van der Waals surface area (Å²) in [5, 5.41) is 12.7. The molecule has 12 rings (SSSR count). The second-order valence-corrected chi connectivity index (χ2v) is 16.1. The summed E-state index contributed by atoms with van der Waals surface area (Å²) in [6.07, 6.45) is 0. The number of hydrogen-bond acceptors (Lipinski definition) is 0. The lowest BCUT2D eigenvalue weighted by molar-refractivity contribution is 0.827. The number of hydrogen-bond donors (Lipinski definition) is 0. The molecule has 0 saturated carbocycles. The maximum atomic E-state index is 2.48. The van der Waals surface area contributed by atoms with Crippen LogP contribution < -0.4 is 0 Å². The Labute approximate surface area is 349 Å². The summed E-state index contributed by atoms with van der Waals surface area (Å²) in [6.45, 7) is 6.34. The van der Waals surface area contributed by atoms with E-state index in [-0.39, 0.29) is 0 Å². The molecule has 12 aromatic rings. The minimum absolute atomic E-state index is 0.928. The van der Waals surface area contributed by atoms with E-state index in [0.717, 1.165) is 13.1 Å². The van der Waals surface area contributed by atoms with Gasteiger partial charge in [-0.25, -0.2) is 0 Å². The predicted octanol–water partition coefficient (Wildman–Crippen LogP) is 16.1. The summed E-state index contributed by atoms with van der Waals surface area (Å²) in [6, 6.07) is 72.7. The zero-order valence-corrected chi connectivity index (χ0v) is 33.8. The molecule has 0 atom stereocenters. The topological polar surface area (TPSA) is 9.86 Å². The van der Waals surface area contributed by atoms with E-state index in [1.807, 2.05) is 0 Å². The molecular formula is C58H42N2. The fourth-order valence-corrected chi connectivity index (χ4v) is 10.4. The zero-order chi connectivity index (χ0) is 39.9. The highest BCUT2D eigenvalue weighted by Crippen LogP contribution is 2.46. The van der Waals surface area contributed by atoms with Crippen LogP contribution in [0.3, 0.4) is 0 Å². The molecule has 0 amide bonds. The van der Waals surface area contributed by atoms with Crippen LogP contribution in [-0.2, 0) is 13.1 Å².